The number of piperidine rings is 1. The van der Waals surface area contributed by atoms with Crippen molar-refractivity contribution in [2.45, 2.75) is 25.9 Å². The summed E-state index contributed by atoms with van der Waals surface area (Å²) in [5, 5.41) is 0.696. The Labute approximate surface area is 119 Å². The van der Waals surface area contributed by atoms with Crippen LogP contribution in [0, 0.1) is 5.92 Å². The van der Waals surface area contributed by atoms with Gasteiger partial charge in [0.1, 0.15) is 6.61 Å². The first-order chi connectivity index (χ1) is 9.13. The van der Waals surface area contributed by atoms with E-state index in [1.807, 2.05) is 24.3 Å². The number of nitrogens with zero attached hydrogens (tertiary/aromatic N) is 1. The molecule has 1 aromatic carbocycles. The van der Waals surface area contributed by atoms with Crippen LogP contribution in [0.2, 0.25) is 5.02 Å². The summed E-state index contributed by atoms with van der Waals surface area (Å²) < 4.78 is 5.30. The summed E-state index contributed by atoms with van der Waals surface area (Å²) >= 11 is 5.80. The topological polar surface area (TPSA) is 29.5 Å². The maximum Gasteiger partial charge on any atom is 0.306 e. The quantitative estimate of drug-likeness (QED) is 0.794. The molecule has 0 bridgehead atoms. The molecule has 1 fully saturated rings. The molecule has 4 heteroatoms. The van der Waals surface area contributed by atoms with Crippen LogP contribution >= 0.6 is 11.6 Å². The highest BCUT2D eigenvalue weighted by molar-refractivity contribution is 6.30. The third-order valence-corrected chi connectivity index (χ3v) is 3.86. The van der Waals surface area contributed by atoms with Crippen molar-refractivity contribution in [2.24, 2.45) is 5.92 Å². The summed E-state index contributed by atoms with van der Waals surface area (Å²) in [4.78, 5) is 14.1. The second kappa shape index (κ2) is 6.92. The molecule has 0 unspecified atom stereocenters. The van der Waals surface area contributed by atoms with Crippen LogP contribution in [0.25, 0.3) is 0 Å². The minimum absolute atomic E-state index is 0.0931. The van der Waals surface area contributed by atoms with Crippen LogP contribution < -0.4 is 0 Å². The molecule has 1 aliphatic rings. The Hall–Kier alpha value is -1.06. The number of ether oxygens (including phenoxy) is 1. The van der Waals surface area contributed by atoms with Crippen molar-refractivity contribution in [1.82, 2.24) is 4.90 Å². The van der Waals surface area contributed by atoms with Gasteiger partial charge in [-0.25, -0.2) is 0 Å². The lowest BCUT2D eigenvalue weighted by atomic mass is 9.94. The van der Waals surface area contributed by atoms with Crippen LogP contribution in [0.3, 0.4) is 0 Å². The van der Waals surface area contributed by atoms with E-state index in [1.165, 1.54) is 0 Å². The number of carbonyl (C=O) groups excluding carboxylic acids is 1. The Balaban J connectivity index is 1.71. The first kappa shape index (κ1) is 14.4. The lowest BCUT2D eigenvalue weighted by Crippen LogP contribution is -2.31. The van der Waals surface area contributed by atoms with Crippen molar-refractivity contribution < 1.29 is 9.53 Å². The number of rotatable bonds is 4. The molecule has 0 N–H and O–H groups in total. The summed E-state index contributed by atoms with van der Waals surface area (Å²) in [6, 6.07) is 7.37. The van der Waals surface area contributed by atoms with Crippen LogP contribution in [-0.2, 0) is 16.1 Å². The molecule has 1 aromatic rings. The first-order valence-electron chi connectivity index (χ1n) is 6.72. The van der Waals surface area contributed by atoms with Crippen molar-refractivity contribution in [3.05, 3.63) is 34.9 Å². The summed E-state index contributed by atoms with van der Waals surface area (Å²) in [6.45, 7) is 2.49. The van der Waals surface area contributed by atoms with Crippen molar-refractivity contribution in [3.63, 3.8) is 0 Å². The maximum atomic E-state index is 11.8. The van der Waals surface area contributed by atoms with E-state index in [1.54, 1.807) is 0 Å². The molecule has 104 valence electrons. The maximum absolute atomic E-state index is 11.8. The second-order valence-electron chi connectivity index (χ2n) is 5.24. The van der Waals surface area contributed by atoms with Gasteiger partial charge in [-0.1, -0.05) is 23.7 Å². The van der Waals surface area contributed by atoms with Crippen LogP contribution in [0.1, 0.15) is 24.8 Å². The molecule has 0 radical (unpaired) electrons. The largest absolute Gasteiger partial charge is 0.461 e. The van der Waals surface area contributed by atoms with Gasteiger partial charge in [0.15, 0.2) is 0 Å². The highest BCUT2D eigenvalue weighted by Crippen LogP contribution is 2.20. The third-order valence-electron chi connectivity index (χ3n) is 3.61. The van der Waals surface area contributed by atoms with Gasteiger partial charge in [0.25, 0.3) is 0 Å². The van der Waals surface area contributed by atoms with Crippen LogP contribution in [-0.4, -0.2) is 31.0 Å². The highest BCUT2D eigenvalue weighted by atomic mass is 35.5. The Kier molecular flexibility index (Phi) is 5.23. The van der Waals surface area contributed by atoms with Crippen molar-refractivity contribution in [1.29, 1.82) is 0 Å². The summed E-state index contributed by atoms with van der Waals surface area (Å²) in [5.74, 6) is 0.387. The molecule has 1 aliphatic heterocycles. The van der Waals surface area contributed by atoms with E-state index >= 15 is 0 Å². The molecule has 1 saturated heterocycles. The molecule has 3 nitrogen and oxygen atoms in total. The minimum Gasteiger partial charge on any atom is -0.461 e. The van der Waals surface area contributed by atoms with Gasteiger partial charge in [0.05, 0.1) is 0 Å². The normalized spacial score (nSPS) is 17.4. The standard InChI is InChI=1S/C15H20ClNO2/c1-17-8-6-12(7-9-17)10-15(18)19-11-13-2-4-14(16)5-3-13/h2-5,12H,6-11H2,1H3. The van der Waals surface area contributed by atoms with E-state index in [0.717, 1.165) is 31.5 Å². The van der Waals surface area contributed by atoms with Gasteiger partial charge < -0.3 is 9.64 Å². The van der Waals surface area contributed by atoms with Gasteiger partial charge in [-0.3, -0.25) is 4.79 Å². The predicted molar refractivity (Wildman–Crippen MR) is 76.1 cm³/mol. The number of likely N-dealkylation sites (tertiary alicyclic amines) is 1. The summed E-state index contributed by atoms with van der Waals surface area (Å²) in [5.41, 5.74) is 0.973. The molecule has 0 aromatic heterocycles. The fourth-order valence-corrected chi connectivity index (χ4v) is 2.43. The van der Waals surface area contributed by atoms with Crippen LogP contribution in [0.5, 0.6) is 0 Å². The fraction of sp³-hybridized carbons (Fsp3) is 0.533. The number of benzene rings is 1. The molecule has 2 rings (SSSR count). The van der Waals surface area contributed by atoms with Gasteiger partial charge in [0, 0.05) is 11.4 Å². The zero-order chi connectivity index (χ0) is 13.7. The number of carbonyl (C=O) groups is 1. The zero-order valence-corrected chi connectivity index (χ0v) is 12.0. The van der Waals surface area contributed by atoms with Crippen LogP contribution in [0.15, 0.2) is 24.3 Å². The number of esters is 1. The van der Waals surface area contributed by atoms with Crippen molar-refractivity contribution in [2.75, 3.05) is 20.1 Å². The summed E-state index contributed by atoms with van der Waals surface area (Å²) in [6.07, 6.45) is 2.72. The fourth-order valence-electron chi connectivity index (χ4n) is 2.31. The van der Waals surface area contributed by atoms with E-state index in [2.05, 4.69) is 11.9 Å². The number of hydrogen-bond donors (Lipinski definition) is 0. The Morgan fingerprint density at radius 2 is 1.95 bits per heavy atom. The first-order valence-corrected chi connectivity index (χ1v) is 7.10. The molecule has 0 aliphatic carbocycles. The van der Waals surface area contributed by atoms with Gasteiger partial charge >= 0.3 is 5.97 Å². The van der Waals surface area contributed by atoms with E-state index < -0.39 is 0 Å². The molecule has 0 amide bonds. The third kappa shape index (κ3) is 4.84. The van der Waals surface area contributed by atoms with Gasteiger partial charge in [0.2, 0.25) is 0 Å². The lowest BCUT2D eigenvalue weighted by molar-refractivity contribution is -0.146. The van der Waals surface area contributed by atoms with E-state index in [9.17, 15) is 4.79 Å². The molecule has 0 spiro atoms. The summed E-state index contributed by atoms with van der Waals surface area (Å²) in [7, 11) is 2.12. The SMILES string of the molecule is CN1CCC(CC(=O)OCc2ccc(Cl)cc2)CC1. The average molecular weight is 282 g/mol. The molecular weight excluding hydrogens is 262 g/mol. The molecule has 0 atom stereocenters. The minimum atomic E-state index is -0.0931. The second-order valence-corrected chi connectivity index (χ2v) is 5.67. The van der Waals surface area contributed by atoms with E-state index in [4.69, 9.17) is 16.3 Å². The zero-order valence-electron chi connectivity index (χ0n) is 11.3. The van der Waals surface area contributed by atoms with E-state index in [-0.39, 0.29) is 5.97 Å². The van der Waals surface area contributed by atoms with Gasteiger partial charge in [-0.2, -0.15) is 0 Å². The van der Waals surface area contributed by atoms with E-state index in [0.29, 0.717) is 24.0 Å². The average Bonchev–Trinajstić information content (AvgIpc) is 2.41. The van der Waals surface area contributed by atoms with Crippen molar-refractivity contribution in [3.8, 4) is 0 Å². The molecule has 19 heavy (non-hydrogen) atoms. The van der Waals surface area contributed by atoms with Gasteiger partial charge in [-0.05, 0) is 56.6 Å². The van der Waals surface area contributed by atoms with Crippen LogP contribution in [0.4, 0.5) is 0 Å². The molecule has 1 heterocycles. The smallest absolute Gasteiger partial charge is 0.306 e. The lowest BCUT2D eigenvalue weighted by Gasteiger charge is -2.28. The predicted octanol–water partition coefficient (Wildman–Crippen LogP) is 3.12. The Morgan fingerprint density at radius 3 is 2.58 bits per heavy atom. The van der Waals surface area contributed by atoms with Crippen molar-refractivity contribution >= 4 is 17.6 Å². The number of halogens is 1. The monoisotopic (exact) mass is 281 g/mol. The molecule has 0 saturated carbocycles. The van der Waals surface area contributed by atoms with Gasteiger partial charge in [-0.15, -0.1) is 0 Å². The molecular formula is C15H20ClNO2. The Morgan fingerprint density at radius 1 is 1.32 bits per heavy atom. The Bertz CT molecular complexity index is 411. The number of hydrogen-bond acceptors (Lipinski definition) is 3. The highest BCUT2D eigenvalue weighted by Gasteiger charge is 2.20.